The van der Waals surface area contributed by atoms with Crippen LogP contribution in [0.3, 0.4) is 0 Å². The van der Waals surface area contributed by atoms with Gasteiger partial charge in [0.05, 0.1) is 4.88 Å². The summed E-state index contributed by atoms with van der Waals surface area (Å²) in [7, 11) is 0. The van der Waals surface area contributed by atoms with Crippen LogP contribution in [0.4, 0.5) is 5.82 Å². The molecule has 0 spiro atoms. The van der Waals surface area contributed by atoms with Crippen LogP contribution in [0.5, 0.6) is 0 Å². The molecular weight excluding hydrogens is 392 g/mol. The van der Waals surface area contributed by atoms with Crippen molar-refractivity contribution < 1.29 is 4.79 Å². The lowest BCUT2D eigenvalue weighted by Gasteiger charge is -2.36. The molecule has 3 aromatic rings. The van der Waals surface area contributed by atoms with Crippen LogP contribution in [0.25, 0.3) is 0 Å². The average molecular weight is 421 g/mol. The number of amides is 1. The van der Waals surface area contributed by atoms with E-state index in [0.29, 0.717) is 13.1 Å². The van der Waals surface area contributed by atoms with Gasteiger partial charge in [0.2, 0.25) is 0 Å². The molecule has 0 unspecified atom stereocenters. The van der Waals surface area contributed by atoms with E-state index in [0.717, 1.165) is 41.7 Å². The number of thiophene rings is 1. The fourth-order valence-corrected chi connectivity index (χ4v) is 4.74. The van der Waals surface area contributed by atoms with Crippen LogP contribution in [-0.2, 0) is 6.42 Å². The maximum atomic E-state index is 12.7. The molecule has 1 aliphatic rings. The molecule has 156 valence electrons. The fraction of sp³-hybridized carbons (Fsp3) is 0.375. The second kappa shape index (κ2) is 8.56. The summed E-state index contributed by atoms with van der Waals surface area (Å²) in [4.78, 5) is 27.3. The summed E-state index contributed by atoms with van der Waals surface area (Å²) in [6.07, 6.45) is 0.823. The Balaban J connectivity index is 1.57. The Morgan fingerprint density at radius 3 is 2.50 bits per heavy atom. The van der Waals surface area contributed by atoms with Crippen molar-refractivity contribution >= 4 is 23.1 Å². The molecule has 2 aromatic heterocycles. The minimum atomic E-state index is 0.135. The lowest BCUT2D eigenvalue weighted by Crippen LogP contribution is -2.49. The van der Waals surface area contributed by atoms with Gasteiger partial charge in [-0.05, 0) is 50.3 Å². The number of hydrogen-bond acceptors (Lipinski definition) is 5. The SMILES string of the molecule is Cc1ccc(C)c(Cc2c(C)nc(C)nc2N2CCN(C(=O)c3cccs3)CC2)c1. The molecule has 0 atom stereocenters. The molecule has 0 aliphatic carbocycles. The van der Waals surface area contributed by atoms with Gasteiger partial charge < -0.3 is 9.80 Å². The predicted molar refractivity (Wildman–Crippen MR) is 123 cm³/mol. The monoisotopic (exact) mass is 420 g/mol. The highest BCUT2D eigenvalue weighted by atomic mass is 32.1. The lowest BCUT2D eigenvalue weighted by molar-refractivity contribution is 0.0751. The zero-order chi connectivity index (χ0) is 21.3. The topological polar surface area (TPSA) is 49.3 Å². The Bertz CT molecular complexity index is 1050. The highest BCUT2D eigenvalue weighted by molar-refractivity contribution is 7.12. The number of carbonyl (C=O) groups is 1. The predicted octanol–water partition coefficient (Wildman–Crippen LogP) is 4.32. The number of nitrogens with zero attached hydrogens (tertiary/aromatic N) is 4. The van der Waals surface area contributed by atoms with Gasteiger partial charge in [-0.2, -0.15) is 0 Å². The van der Waals surface area contributed by atoms with Gasteiger partial charge in [0, 0.05) is 43.9 Å². The van der Waals surface area contributed by atoms with Gasteiger partial charge in [-0.1, -0.05) is 29.8 Å². The smallest absolute Gasteiger partial charge is 0.264 e. The average Bonchev–Trinajstić information content (AvgIpc) is 3.27. The van der Waals surface area contributed by atoms with E-state index in [9.17, 15) is 4.79 Å². The van der Waals surface area contributed by atoms with Crippen molar-refractivity contribution in [2.45, 2.75) is 34.1 Å². The van der Waals surface area contributed by atoms with E-state index in [1.165, 1.54) is 33.6 Å². The number of rotatable bonds is 4. The van der Waals surface area contributed by atoms with E-state index < -0.39 is 0 Å². The van der Waals surface area contributed by atoms with E-state index in [1.807, 2.05) is 29.3 Å². The maximum Gasteiger partial charge on any atom is 0.264 e. The van der Waals surface area contributed by atoms with E-state index >= 15 is 0 Å². The van der Waals surface area contributed by atoms with Gasteiger partial charge in [0.1, 0.15) is 11.6 Å². The molecule has 6 heteroatoms. The Labute approximate surface area is 182 Å². The molecule has 1 saturated heterocycles. The maximum absolute atomic E-state index is 12.7. The van der Waals surface area contributed by atoms with Crippen molar-refractivity contribution in [2.24, 2.45) is 0 Å². The molecule has 3 heterocycles. The summed E-state index contributed by atoms with van der Waals surface area (Å²) in [5, 5.41) is 1.95. The summed E-state index contributed by atoms with van der Waals surface area (Å²) in [5.74, 6) is 1.95. The summed E-state index contributed by atoms with van der Waals surface area (Å²) in [5.41, 5.74) is 6.10. The van der Waals surface area contributed by atoms with E-state index in [-0.39, 0.29) is 5.91 Å². The third-order valence-corrected chi connectivity index (χ3v) is 6.63. The van der Waals surface area contributed by atoms with Gasteiger partial charge >= 0.3 is 0 Å². The zero-order valence-corrected chi connectivity index (χ0v) is 18.9. The molecular formula is C24H28N4OS. The number of carbonyl (C=O) groups excluding carboxylic acids is 1. The zero-order valence-electron chi connectivity index (χ0n) is 18.1. The number of piperazine rings is 1. The van der Waals surface area contributed by atoms with Gasteiger partial charge in [-0.15, -0.1) is 11.3 Å². The number of benzene rings is 1. The van der Waals surface area contributed by atoms with Crippen LogP contribution < -0.4 is 4.90 Å². The second-order valence-corrected chi connectivity index (χ2v) is 8.97. The van der Waals surface area contributed by atoms with E-state index in [2.05, 4.69) is 48.9 Å². The quantitative estimate of drug-likeness (QED) is 0.631. The van der Waals surface area contributed by atoms with E-state index in [1.54, 1.807) is 0 Å². The van der Waals surface area contributed by atoms with Crippen molar-refractivity contribution in [1.29, 1.82) is 0 Å². The Hall–Kier alpha value is -2.73. The first-order chi connectivity index (χ1) is 14.4. The largest absolute Gasteiger partial charge is 0.353 e. The first-order valence-corrected chi connectivity index (χ1v) is 11.3. The molecule has 1 aliphatic heterocycles. The first-order valence-electron chi connectivity index (χ1n) is 10.4. The minimum Gasteiger partial charge on any atom is -0.353 e. The van der Waals surface area contributed by atoms with Crippen molar-refractivity contribution in [1.82, 2.24) is 14.9 Å². The van der Waals surface area contributed by atoms with Gasteiger partial charge in [0.15, 0.2) is 0 Å². The summed E-state index contributed by atoms with van der Waals surface area (Å²) in [6.45, 7) is 11.3. The van der Waals surface area contributed by atoms with Crippen molar-refractivity contribution in [3.63, 3.8) is 0 Å². The molecule has 1 amide bonds. The van der Waals surface area contributed by atoms with Gasteiger partial charge in [0.25, 0.3) is 5.91 Å². The molecule has 1 fully saturated rings. The fourth-order valence-electron chi connectivity index (χ4n) is 4.04. The molecule has 0 N–H and O–H groups in total. The lowest BCUT2D eigenvalue weighted by atomic mass is 9.97. The van der Waals surface area contributed by atoms with E-state index in [4.69, 9.17) is 4.98 Å². The first kappa shape index (κ1) is 20.5. The summed E-state index contributed by atoms with van der Waals surface area (Å²) >= 11 is 1.51. The minimum absolute atomic E-state index is 0.135. The van der Waals surface area contributed by atoms with Gasteiger partial charge in [-0.3, -0.25) is 4.79 Å². The van der Waals surface area contributed by atoms with Crippen LogP contribution in [0.15, 0.2) is 35.7 Å². The third kappa shape index (κ3) is 4.24. The molecule has 30 heavy (non-hydrogen) atoms. The van der Waals surface area contributed by atoms with Crippen LogP contribution in [0, 0.1) is 27.7 Å². The van der Waals surface area contributed by atoms with Crippen LogP contribution in [0.1, 0.15) is 43.4 Å². The van der Waals surface area contributed by atoms with Crippen LogP contribution in [0.2, 0.25) is 0 Å². The van der Waals surface area contributed by atoms with Crippen LogP contribution >= 0.6 is 11.3 Å². The number of anilines is 1. The van der Waals surface area contributed by atoms with Gasteiger partial charge in [-0.25, -0.2) is 9.97 Å². The second-order valence-electron chi connectivity index (χ2n) is 8.02. The Morgan fingerprint density at radius 2 is 1.80 bits per heavy atom. The van der Waals surface area contributed by atoms with Crippen molar-refractivity contribution in [3.8, 4) is 0 Å². The standard InChI is InChI=1S/C24H28N4OS/c1-16-7-8-17(2)20(14-16)15-21-18(3)25-19(4)26-23(21)27-9-11-28(12-10-27)24(29)22-6-5-13-30-22/h5-8,13-14H,9-12,15H2,1-4H3. The molecule has 4 rings (SSSR count). The van der Waals surface area contributed by atoms with Crippen molar-refractivity contribution in [3.05, 3.63) is 74.4 Å². The molecule has 1 aromatic carbocycles. The molecule has 5 nitrogen and oxygen atoms in total. The summed E-state index contributed by atoms with van der Waals surface area (Å²) < 4.78 is 0. The Morgan fingerprint density at radius 1 is 1.03 bits per heavy atom. The highest BCUT2D eigenvalue weighted by Crippen LogP contribution is 2.27. The number of hydrogen-bond donors (Lipinski definition) is 0. The number of aromatic nitrogens is 2. The molecule has 0 saturated carbocycles. The third-order valence-electron chi connectivity index (χ3n) is 5.77. The molecule has 0 bridgehead atoms. The molecule has 0 radical (unpaired) electrons. The summed E-state index contributed by atoms with van der Waals surface area (Å²) in [6, 6.07) is 10.4. The Kier molecular flexibility index (Phi) is 5.86. The highest BCUT2D eigenvalue weighted by Gasteiger charge is 2.26. The normalized spacial score (nSPS) is 14.3. The number of aryl methyl sites for hydroxylation is 4. The van der Waals surface area contributed by atoms with Crippen molar-refractivity contribution in [2.75, 3.05) is 31.1 Å². The van der Waals surface area contributed by atoms with Crippen LogP contribution in [-0.4, -0.2) is 47.0 Å².